The molecule has 3 aliphatic rings. The molecule has 3 nitrogen and oxygen atoms in total. The Labute approximate surface area is 53.5 Å². The van der Waals surface area contributed by atoms with Crippen LogP contribution in [0.5, 0.6) is 0 Å². The number of aldehydes is 1. The summed E-state index contributed by atoms with van der Waals surface area (Å²) in [5.41, 5.74) is 2.00. The molecule has 1 saturated heterocycles. The minimum absolute atomic E-state index is 0.870. The Bertz CT molecular complexity index is 191. The van der Waals surface area contributed by atoms with Crippen molar-refractivity contribution in [3.63, 3.8) is 0 Å². The van der Waals surface area contributed by atoms with E-state index in [0.717, 1.165) is 31.0 Å². The first kappa shape index (κ1) is 4.85. The van der Waals surface area contributed by atoms with Crippen LogP contribution >= 0.6 is 0 Å². The molecule has 0 aromatic carbocycles. The molecule has 0 saturated carbocycles. The van der Waals surface area contributed by atoms with E-state index in [0.29, 0.717) is 0 Å². The molecule has 3 aliphatic heterocycles. The first-order valence-corrected chi connectivity index (χ1v) is 2.99. The predicted octanol–water partition coefficient (Wildman–Crippen LogP) is -0.0370. The van der Waals surface area contributed by atoms with Crippen molar-refractivity contribution in [3.8, 4) is 0 Å². The van der Waals surface area contributed by atoms with Crippen LogP contribution in [0.4, 0.5) is 0 Å². The van der Waals surface area contributed by atoms with Gasteiger partial charge in [0.2, 0.25) is 0 Å². The third kappa shape index (κ3) is 0.399. The van der Waals surface area contributed by atoms with Crippen LogP contribution < -0.4 is 0 Å². The fraction of sp³-hybridized carbons (Fsp3) is 0.500. The van der Waals surface area contributed by atoms with E-state index in [2.05, 4.69) is 9.80 Å². The van der Waals surface area contributed by atoms with Gasteiger partial charge in [-0.15, -0.1) is 0 Å². The molecule has 3 rings (SSSR count). The Kier molecular flexibility index (Phi) is 0.695. The Morgan fingerprint density at radius 1 is 1.44 bits per heavy atom. The minimum Gasteiger partial charge on any atom is -0.338 e. The lowest BCUT2D eigenvalue weighted by Crippen LogP contribution is -2.45. The molecule has 3 heterocycles. The monoisotopic (exact) mass is 124 g/mol. The highest BCUT2D eigenvalue weighted by Crippen LogP contribution is 2.30. The van der Waals surface area contributed by atoms with Crippen molar-refractivity contribution in [1.82, 2.24) is 9.80 Å². The second-order valence-electron chi connectivity index (χ2n) is 2.45. The number of carbonyl (C=O) groups excluding carboxylic acids is 1. The number of nitrogens with zero attached hydrogens (tertiary/aromatic N) is 2. The molecule has 0 aliphatic carbocycles. The number of allylic oxidation sites excluding steroid dienone is 2. The first-order valence-electron chi connectivity index (χ1n) is 2.99. The zero-order chi connectivity index (χ0) is 6.43. The second-order valence-corrected chi connectivity index (χ2v) is 2.45. The molecule has 0 spiro atoms. The van der Waals surface area contributed by atoms with E-state index in [-0.39, 0.29) is 0 Å². The summed E-state index contributed by atoms with van der Waals surface area (Å²) in [5.74, 6) is 0. The molecule has 9 heavy (non-hydrogen) atoms. The van der Waals surface area contributed by atoms with Gasteiger partial charge in [0.15, 0.2) is 6.29 Å². The SMILES string of the molecule is CC1=C(C=O)N2CN1C2. The van der Waals surface area contributed by atoms with Crippen molar-refractivity contribution in [2.24, 2.45) is 0 Å². The quantitative estimate of drug-likeness (QED) is 0.458. The van der Waals surface area contributed by atoms with E-state index in [1.807, 2.05) is 6.92 Å². The average Bonchev–Trinajstić information content (AvgIpc) is 2.15. The third-order valence-electron chi connectivity index (χ3n) is 1.98. The summed E-state index contributed by atoms with van der Waals surface area (Å²) in [4.78, 5) is 14.6. The molecular formula is C6H8N2O. The zero-order valence-electron chi connectivity index (χ0n) is 5.29. The van der Waals surface area contributed by atoms with Gasteiger partial charge in [-0.3, -0.25) is 4.79 Å². The molecule has 0 atom stereocenters. The Morgan fingerprint density at radius 3 is 2.33 bits per heavy atom. The van der Waals surface area contributed by atoms with Crippen molar-refractivity contribution in [2.75, 3.05) is 13.3 Å². The minimum atomic E-state index is 0.870. The molecule has 0 N–H and O–H groups in total. The number of carbonyl (C=O) groups is 1. The van der Waals surface area contributed by atoms with E-state index < -0.39 is 0 Å². The average molecular weight is 124 g/mol. The standard InChI is InChI=1S/C6H8N2O/c1-5-6(2-9)8-3-7(5)4-8/h2H,3-4H2,1H3. The van der Waals surface area contributed by atoms with E-state index in [1.165, 1.54) is 0 Å². The maximum Gasteiger partial charge on any atom is 0.168 e. The summed E-state index contributed by atoms with van der Waals surface area (Å²) in [5, 5.41) is 0. The van der Waals surface area contributed by atoms with Crippen LogP contribution in [0.1, 0.15) is 6.92 Å². The van der Waals surface area contributed by atoms with Crippen molar-refractivity contribution >= 4 is 6.29 Å². The molecule has 0 amide bonds. The second kappa shape index (κ2) is 1.29. The van der Waals surface area contributed by atoms with Gasteiger partial charge in [-0.1, -0.05) is 0 Å². The summed E-state index contributed by atoms with van der Waals surface area (Å²) in [6, 6.07) is 0. The summed E-state index contributed by atoms with van der Waals surface area (Å²) < 4.78 is 0. The van der Waals surface area contributed by atoms with Gasteiger partial charge in [0.05, 0.1) is 19.0 Å². The van der Waals surface area contributed by atoms with Crippen LogP contribution in [0.2, 0.25) is 0 Å². The van der Waals surface area contributed by atoms with Crippen molar-refractivity contribution in [1.29, 1.82) is 0 Å². The Morgan fingerprint density at radius 2 is 2.11 bits per heavy atom. The fourth-order valence-corrected chi connectivity index (χ4v) is 1.29. The molecule has 0 aromatic rings. The molecule has 0 radical (unpaired) electrons. The predicted molar refractivity (Wildman–Crippen MR) is 32.2 cm³/mol. The van der Waals surface area contributed by atoms with Crippen LogP contribution in [-0.2, 0) is 4.79 Å². The molecule has 1 fully saturated rings. The van der Waals surface area contributed by atoms with Crippen LogP contribution in [-0.4, -0.2) is 29.4 Å². The molecule has 2 bridgehead atoms. The van der Waals surface area contributed by atoms with E-state index in [4.69, 9.17) is 0 Å². The lowest BCUT2D eigenvalue weighted by Gasteiger charge is -2.35. The van der Waals surface area contributed by atoms with Gasteiger partial charge >= 0.3 is 0 Å². The normalized spacial score (nSPS) is 22.8. The van der Waals surface area contributed by atoms with Gasteiger partial charge in [-0.2, -0.15) is 0 Å². The van der Waals surface area contributed by atoms with Gasteiger partial charge in [-0.05, 0) is 6.92 Å². The van der Waals surface area contributed by atoms with E-state index in [1.54, 1.807) is 0 Å². The summed E-state index contributed by atoms with van der Waals surface area (Å²) in [6.45, 7) is 3.84. The van der Waals surface area contributed by atoms with Gasteiger partial charge in [0, 0.05) is 5.70 Å². The van der Waals surface area contributed by atoms with Gasteiger partial charge in [0.25, 0.3) is 0 Å². The topological polar surface area (TPSA) is 23.6 Å². The van der Waals surface area contributed by atoms with Crippen LogP contribution in [0.15, 0.2) is 11.4 Å². The summed E-state index contributed by atoms with van der Waals surface area (Å²) in [7, 11) is 0. The summed E-state index contributed by atoms with van der Waals surface area (Å²) in [6.07, 6.45) is 0.933. The molecule has 0 aromatic heterocycles. The fourth-order valence-electron chi connectivity index (χ4n) is 1.29. The number of hydrogen-bond donors (Lipinski definition) is 0. The van der Waals surface area contributed by atoms with Crippen LogP contribution in [0.25, 0.3) is 0 Å². The zero-order valence-corrected chi connectivity index (χ0v) is 5.29. The lowest BCUT2D eigenvalue weighted by atomic mass is 10.4. The Hall–Kier alpha value is -0.990. The maximum absolute atomic E-state index is 10.3. The smallest absolute Gasteiger partial charge is 0.168 e. The van der Waals surface area contributed by atoms with Crippen molar-refractivity contribution in [2.45, 2.75) is 6.92 Å². The molecular weight excluding hydrogens is 116 g/mol. The van der Waals surface area contributed by atoms with Crippen molar-refractivity contribution in [3.05, 3.63) is 11.4 Å². The Balaban J connectivity index is 2.36. The van der Waals surface area contributed by atoms with Crippen LogP contribution in [0.3, 0.4) is 0 Å². The van der Waals surface area contributed by atoms with Gasteiger partial charge in [0.1, 0.15) is 0 Å². The lowest BCUT2D eigenvalue weighted by molar-refractivity contribution is -0.106. The molecule has 3 heteroatoms. The van der Waals surface area contributed by atoms with Crippen molar-refractivity contribution < 1.29 is 4.79 Å². The molecule has 0 unspecified atom stereocenters. The highest BCUT2D eigenvalue weighted by atomic mass is 16.1. The van der Waals surface area contributed by atoms with E-state index >= 15 is 0 Å². The van der Waals surface area contributed by atoms with Gasteiger partial charge in [-0.25, -0.2) is 0 Å². The third-order valence-corrected chi connectivity index (χ3v) is 1.98. The van der Waals surface area contributed by atoms with Gasteiger partial charge < -0.3 is 9.80 Å². The van der Waals surface area contributed by atoms with E-state index in [9.17, 15) is 4.79 Å². The summed E-state index contributed by atoms with van der Waals surface area (Å²) >= 11 is 0. The first-order chi connectivity index (χ1) is 4.33. The van der Waals surface area contributed by atoms with Crippen LogP contribution in [0, 0.1) is 0 Å². The maximum atomic E-state index is 10.3. The largest absolute Gasteiger partial charge is 0.338 e. The number of hydrogen-bond acceptors (Lipinski definition) is 3. The molecule has 48 valence electrons. The number of rotatable bonds is 1. The highest BCUT2D eigenvalue weighted by Gasteiger charge is 2.35. The highest BCUT2D eigenvalue weighted by molar-refractivity contribution is 5.75.